The molecule has 5 rings (SSSR count). The van der Waals surface area contributed by atoms with Crippen LogP contribution in [0.2, 0.25) is 0 Å². The van der Waals surface area contributed by atoms with Crippen molar-refractivity contribution in [2.75, 3.05) is 20.2 Å². The van der Waals surface area contributed by atoms with Crippen molar-refractivity contribution in [3.05, 3.63) is 95.1 Å². The molecule has 5 heteroatoms. The summed E-state index contributed by atoms with van der Waals surface area (Å²) in [6.45, 7) is 3.53. The Kier molecular flexibility index (Phi) is 6.54. The highest BCUT2D eigenvalue weighted by atomic mass is 16.5. The molecule has 2 fully saturated rings. The Morgan fingerprint density at radius 3 is 2.41 bits per heavy atom. The van der Waals surface area contributed by atoms with Crippen LogP contribution >= 0.6 is 0 Å². The lowest BCUT2D eigenvalue weighted by molar-refractivity contribution is 0.0338. The van der Waals surface area contributed by atoms with E-state index in [1.165, 1.54) is 18.4 Å². The summed E-state index contributed by atoms with van der Waals surface area (Å²) < 4.78 is 18.0. The molecule has 1 saturated heterocycles. The van der Waals surface area contributed by atoms with Gasteiger partial charge in [-0.3, -0.25) is 4.79 Å². The summed E-state index contributed by atoms with van der Waals surface area (Å²) in [6.07, 6.45) is 1.90. The zero-order valence-electron chi connectivity index (χ0n) is 19.8. The van der Waals surface area contributed by atoms with E-state index in [0.29, 0.717) is 31.4 Å². The van der Waals surface area contributed by atoms with Crippen LogP contribution < -0.4 is 9.47 Å². The summed E-state index contributed by atoms with van der Waals surface area (Å²) in [6, 6.07) is 23.9. The van der Waals surface area contributed by atoms with Crippen molar-refractivity contribution in [1.29, 1.82) is 0 Å². The summed E-state index contributed by atoms with van der Waals surface area (Å²) in [5, 5.41) is 0. The number of likely N-dealkylation sites (tertiary alicyclic amines) is 1. The number of nitrogens with zero attached hydrogens (tertiary/aromatic N) is 1. The molecule has 1 aliphatic carbocycles. The van der Waals surface area contributed by atoms with E-state index in [9.17, 15) is 4.79 Å². The van der Waals surface area contributed by atoms with Gasteiger partial charge in [0, 0.05) is 18.7 Å². The molecular formula is C29H31NO4. The van der Waals surface area contributed by atoms with Crippen LogP contribution in [0.3, 0.4) is 0 Å². The fraction of sp³-hybridized carbons (Fsp3) is 0.345. The summed E-state index contributed by atoms with van der Waals surface area (Å²) >= 11 is 0. The second-order valence-electron chi connectivity index (χ2n) is 9.20. The van der Waals surface area contributed by atoms with Gasteiger partial charge in [-0.25, -0.2) is 0 Å². The summed E-state index contributed by atoms with van der Waals surface area (Å²) in [7, 11) is 1.68. The predicted molar refractivity (Wildman–Crippen MR) is 131 cm³/mol. The second-order valence-corrected chi connectivity index (χ2v) is 9.20. The number of hydrogen-bond donors (Lipinski definition) is 0. The summed E-state index contributed by atoms with van der Waals surface area (Å²) in [5.41, 5.74) is 4.19. The zero-order chi connectivity index (χ0) is 23.5. The predicted octanol–water partition coefficient (Wildman–Crippen LogP) is 5.37. The molecule has 0 N–H and O–H groups in total. The Bertz CT molecular complexity index is 1140. The maximum absolute atomic E-state index is 13.5. The highest BCUT2D eigenvalue weighted by Gasteiger charge is 2.39. The van der Waals surface area contributed by atoms with Crippen LogP contribution in [0.1, 0.15) is 45.8 Å². The first-order chi connectivity index (χ1) is 16.6. The number of hydrogen-bond acceptors (Lipinski definition) is 4. The number of aryl methyl sites for hydroxylation is 1. The van der Waals surface area contributed by atoms with Gasteiger partial charge in [-0.1, -0.05) is 54.6 Å². The van der Waals surface area contributed by atoms with Crippen LogP contribution in [0, 0.1) is 6.92 Å². The third kappa shape index (κ3) is 4.95. The molecule has 0 unspecified atom stereocenters. The second kappa shape index (κ2) is 9.90. The lowest BCUT2D eigenvalue weighted by atomic mass is 9.97. The van der Waals surface area contributed by atoms with Crippen LogP contribution in [0.5, 0.6) is 11.5 Å². The number of ether oxygens (including phenoxy) is 3. The van der Waals surface area contributed by atoms with E-state index in [0.717, 1.165) is 22.4 Å². The highest BCUT2D eigenvalue weighted by Crippen LogP contribution is 2.42. The Morgan fingerprint density at radius 2 is 1.65 bits per heavy atom. The molecule has 3 aromatic carbocycles. The minimum absolute atomic E-state index is 0.0769. The third-order valence-corrected chi connectivity index (χ3v) is 6.68. The number of carbonyl (C=O) groups is 1. The number of rotatable bonds is 8. The minimum Gasteiger partial charge on any atom is -0.489 e. The van der Waals surface area contributed by atoms with E-state index in [4.69, 9.17) is 14.2 Å². The zero-order valence-corrected chi connectivity index (χ0v) is 19.8. The fourth-order valence-electron chi connectivity index (χ4n) is 4.68. The standard InChI is InChI=1S/C29H31NO4/c1-20-8-6-13-25(22-14-15-22)28(20)29(31)30-17-26(32-2)27(18-30)34-24-12-7-11-23(16-24)33-19-21-9-4-3-5-10-21/h3-13,16,22,26-27H,14-15,17-19H2,1-2H3/t26-,27-/m1/s1. The minimum atomic E-state index is -0.244. The molecule has 1 heterocycles. The molecule has 5 nitrogen and oxygen atoms in total. The van der Waals surface area contributed by atoms with Gasteiger partial charge in [0.1, 0.15) is 30.3 Å². The monoisotopic (exact) mass is 457 g/mol. The Balaban J connectivity index is 1.27. The molecule has 1 aliphatic heterocycles. The highest BCUT2D eigenvalue weighted by molar-refractivity contribution is 5.97. The molecule has 0 spiro atoms. The average molecular weight is 458 g/mol. The normalized spacial score (nSPS) is 19.8. The number of carbonyl (C=O) groups excluding carboxylic acids is 1. The maximum Gasteiger partial charge on any atom is 0.254 e. The quantitative estimate of drug-likeness (QED) is 0.456. The first-order valence-electron chi connectivity index (χ1n) is 12.0. The van der Waals surface area contributed by atoms with E-state index < -0.39 is 0 Å². The van der Waals surface area contributed by atoms with Gasteiger partial charge in [0.05, 0.1) is 13.1 Å². The SMILES string of the molecule is CO[C@@H]1CN(C(=O)c2c(C)cccc2C2CC2)C[C@H]1Oc1cccc(OCc2ccccc2)c1. The van der Waals surface area contributed by atoms with Crippen molar-refractivity contribution in [1.82, 2.24) is 4.90 Å². The molecule has 1 saturated carbocycles. The molecule has 176 valence electrons. The Morgan fingerprint density at radius 1 is 0.912 bits per heavy atom. The number of methoxy groups -OCH3 is 1. The topological polar surface area (TPSA) is 48.0 Å². The van der Waals surface area contributed by atoms with Crippen molar-refractivity contribution in [3.8, 4) is 11.5 Å². The van der Waals surface area contributed by atoms with E-state index in [1.807, 2.05) is 72.5 Å². The van der Waals surface area contributed by atoms with E-state index >= 15 is 0 Å². The molecule has 1 amide bonds. The van der Waals surface area contributed by atoms with Gasteiger partial charge in [0.2, 0.25) is 0 Å². The van der Waals surface area contributed by atoms with Crippen molar-refractivity contribution in [3.63, 3.8) is 0 Å². The van der Waals surface area contributed by atoms with Crippen LogP contribution in [0.15, 0.2) is 72.8 Å². The average Bonchev–Trinajstić information content (AvgIpc) is 3.63. The van der Waals surface area contributed by atoms with E-state index in [2.05, 4.69) is 12.1 Å². The van der Waals surface area contributed by atoms with Gasteiger partial charge in [-0.15, -0.1) is 0 Å². The van der Waals surface area contributed by atoms with Gasteiger partial charge in [-0.2, -0.15) is 0 Å². The first-order valence-corrected chi connectivity index (χ1v) is 12.0. The molecule has 0 bridgehead atoms. The van der Waals surface area contributed by atoms with Gasteiger partial charge in [0.25, 0.3) is 5.91 Å². The van der Waals surface area contributed by atoms with Gasteiger partial charge in [0.15, 0.2) is 0 Å². The summed E-state index contributed by atoms with van der Waals surface area (Å²) in [4.78, 5) is 15.4. The molecule has 0 aromatic heterocycles. The Labute approximate surface area is 201 Å². The van der Waals surface area contributed by atoms with Crippen LogP contribution in [0.25, 0.3) is 0 Å². The van der Waals surface area contributed by atoms with Crippen molar-refractivity contribution < 1.29 is 19.0 Å². The molecule has 2 atom stereocenters. The molecular weight excluding hydrogens is 426 g/mol. The fourth-order valence-corrected chi connectivity index (χ4v) is 4.68. The first kappa shape index (κ1) is 22.5. The van der Waals surface area contributed by atoms with Gasteiger partial charge in [-0.05, 0) is 54.5 Å². The lowest BCUT2D eigenvalue weighted by Gasteiger charge is -2.20. The van der Waals surface area contributed by atoms with E-state index in [-0.39, 0.29) is 18.1 Å². The van der Waals surface area contributed by atoms with Crippen molar-refractivity contribution in [2.24, 2.45) is 0 Å². The van der Waals surface area contributed by atoms with Crippen LogP contribution in [-0.4, -0.2) is 43.2 Å². The van der Waals surface area contributed by atoms with Crippen molar-refractivity contribution >= 4 is 5.91 Å². The van der Waals surface area contributed by atoms with Gasteiger partial charge < -0.3 is 19.1 Å². The van der Waals surface area contributed by atoms with Crippen molar-refractivity contribution in [2.45, 2.75) is 44.5 Å². The van der Waals surface area contributed by atoms with Gasteiger partial charge >= 0.3 is 0 Å². The van der Waals surface area contributed by atoms with E-state index in [1.54, 1.807) is 7.11 Å². The largest absolute Gasteiger partial charge is 0.489 e. The van der Waals surface area contributed by atoms with Crippen LogP contribution in [0.4, 0.5) is 0 Å². The molecule has 34 heavy (non-hydrogen) atoms. The maximum atomic E-state index is 13.5. The molecule has 3 aromatic rings. The number of benzene rings is 3. The Hall–Kier alpha value is -3.31. The molecule has 0 radical (unpaired) electrons. The van der Waals surface area contributed by atoms with Crippen LogP contribution in [-0.2, 0) is 11.3 Å². The smallest absolute Gasteiger partial charge is 0.254 e. The molecule has 2 aliphatic rings. The third-order valence-electron chi connectivity index (χ3n) is 6.68. The lowest BCUT2D eigenvalue weighted by Crippen LogP contribution is -2.32. The summed E-state index contributed by atoms with van der Waals surface area (Å²) in [5.74, 6) is 2.05. The number of amides is 1.